The van der Waals surface area contributed by atoms with Gasteiger partial charge in [-0.15, -0.1) is 0 Å². The summed E-state index contributed by atoms with van der Waals surface area (Å²) in [5.74, 6) is 0. The Morgan fingerprint density at radius 3 is 1.11 bits per heavy atom. The molecule has 0 atom stereocenters. The average Bonchev–Trinajstić information content (AvgIpc) is 2.92. The van der Waals surface area contributed by atoms with Crippen molar-refractivity contribution in [2.24, 2.45) is 0 Å². The second-order valence-electron chi connectivity index (χ2n) is 8.72. The number of aromatic nitrogens is 4. The van der Waals surface area contributed by atoms with Crippen molar-refractivity contribution in [1.29, 1.82) is 0 Å². The van der Waals surface area contributed by atoms with E-state index in [9.17, 15) is 0 Å². The van der Waals surface area contributed by atoms with Gasteiger partial charge in [-0.05, 0) is 95.8 Å². The van der Waals surface area contributed by atoms with Gasteiger partial charge in [-0.2, -0.15) is 0 Å². The van der Waals surface area contributed by atoms with E-state index in [0.29, 0.717) is 0 Å². The monoisotopic (exact) mass is 466 g/mol. The molecule has 5 aromatic rings. The summed E-state index contributed by atoms with van der Waals surface area (Å²) in [4.78, 5) is 17.8. The fourth-order valence-corrected chi connectivity index (χ4v) is 3.84. The number of pyridine rings is 4. The first kappa shape index (κ1) is 23.1. The Bertz CT molecular complexity index is 1430. The number of rotatable bonds is 6. The Morgan fingerprint density at radius 1 is 0.389 bits per heavy atom. The third-order valence-corrected chi connectivity index (χ3v) is 5.80. The van der Waals surface area contributed by atoms with Crippen molar-refractivity contribution < 1.29 is 0 Å². The Morgan fingerprint density at radius 2 is 0.722 bits per heavy atom. The summed E-state index contributed by atoms with van der Waals surface area (Å²) < 4.78 is 0. The third-order valence-electron chi connectivity index (χ3n) is 5.80. The summed E-state index contributed by atoms with van der Waals surface area (Å²) in [5, 5.41) is 0. The van der Waals surface area contributed by atoms with E-state index in [4.69, 9.17) is 0 Å². The number of aryl methyl sites for hydroxylation is 2. The summed E-state index contributed by atoms with van der Waals surface area (Å²) in [6.45, 7) is 4.12. The van der Waals surface area contributed by atoms with Crippen LogP contribution in [0.15, 0.2) is 97.6 Å². The molecule has 0 unspecified atom stereocenters. The molecule has 0 spiro atoms. The molecule has 0 amide bonds. The molecule has 0 bridgehead atoms. The third kappa shape index (κ3) is 5.86. The lowest BCUT2D eigenvalue weighted by molar-refractivity contribution is 1.23. The zero-order chi connectivity index (χ0) is 24.7. The van der Waals surface area contributed by atoms with Crippen molar-refractivity contribution in [1.82, 2.24) is 19.9 Å². The second kappa shape index (κ2) is 10.7. The Balaban J connectivity index is 1.27. The predicted molar refractivity (Wildman–Crippen MR) is 149 cm³/mol. The lowest BCUT2D eigenvalue weighted by Gasteiger charge is -2.03. The minimum Gasteiger partial charge on any atom is -0.255 e. The van der Waals surface area contributed by atoms with Crippen LogP contribution >= 0.6 is 0 Å². The maximum atomic E-state index is 4.48. The maximum absolute atomic E-state index is 4.48. The Labute approximate surface area is 211 Å². The van der Waals surface area contributed by atoms with Crippen LogP contribution in [-0.2, 0) is 0 Å². The highest BCUT2D eigenvalue weighted by Gasteiger charge is 2.03. The highest BCUT2D eigenvalue weighted by molar-refractivity contribution is 5.74. The van der Waals surface area contributed by atoms with E-state index >= 15 is 0 Å². The topological polar surface area (TPSA) is 51.6 Å². The van der Waals surface area contributed by atoms with Gasteiger partial charge in [0.05, 0.1) is 22.8 Å². The zero-order valence-corrected chi connectivity index (χ0v) is 20.3. The molecule has 0 fully saturated rings. The normalized spacial score (nSPS) is 11.4. The van der Waals surface area contributed by atoms with Crippen LogP contribution in [0.5, 0.6) is 0 Å². The molecule has 0 aliphatic rings. The molecule has 0 saturated heterocycles. The van der Waals surface area contributed by atoms with Gasteiger partial charge in [0.25, 0.3) is 0 Å². The van der Waals surface area contributed by atoms with Crippen LogP contribution in [0, 0.1) is 13.8 Å². The van der Waals surface area contributed by atoms with Gasteiger partial charge in [-0.1, -0.05) is 48.6 Å². The van der Waals surface area contributed by atoms with Crippen molar-refractivity contribution in [2.45, 2.75) is 13.8 Å². The molecule has 0 N–H and O–H groups in total. The molecule has 4 heterocycles. The average molecular weight is 467 g/mol. The molecule has 1 aromatic carbocycles. The molecule has 36 heavy (non-hydrogen) atoms. The number of hydrogen-bond donors (Lipinski definition) is 0. The lowest BCUT2D eigenvalue weighted by Crippen LogP contribution is -1.88. The van der Waals surface area contributed by atoms with E-state index in [1.165, 1.54) is 11.1 Å². The second-order valence-corrected chi connectivity index (χ2v) is 8.72. The van der Waals surface area contributed by atoms with Crippen LogP contribution < -0.4 is 0 Å². The van der Waals surface area contributed by atoms with E-state index in [2.05, 4.69) is 94.5 Å². The van der Waals surface area contributed by atoms with E-state index in [1.54, 1.807) is 0 Å². The predicted octanol–water partition coefficient (Wildman–Crippen LogP) is 7.56. The highest BCUT2D eigenvalue weighted by atomic mass is 14.8. The van der Waals surface area contributed by atoms with Gasteiger partial charge in [-0.25, -0.2) is 0 Å². The standard InChI is InChI=1S/C32H26N4/c1-23-11-15-33-29(19-23)31-21-27(13-17-35-31)9-7-25-3-5-26(6-4-25)8-10-28-14-18-36-32(22-28)30-20-24(2)12-16-34-30/h3-22H,1-2H3. The van der Waals surface area contributed by atoms with Crippen molar-refractivity contribution in [3.05, 3.63) is 131 Å². The molecule has 4 aromatic heterocycles. The first-order chi connectivity index (χ1) is 17.6. The summed E-state index contributed by atoms with van der Waals surface area (Å²) in [7, 11) is 0. The molecule has 5 rings (SSSR count). The van der Waals surface area contributed by atoms with E-state index in [-0.39, 0.29) is 0 Å². The van der Waals surface area contributed by atoms with E-state index in [1.807, 2.05) is 61.2 Å². The van der Waals surface area contributed by atoms with Crippen LogP contribution in [0.1, 0.15) is 33.4 Å². The van der Waals surface area contributed by atoms with Gasteiger partial charge in [0.15, 0.2) is 0 Å². The molecule has 174 valence electrons. The Hall–Kier alpha value is -4.70. The molecule has 0 radical (unpaired) electrons. The number of nitrogens with zero attached hydrogens (tertiary/aromatic N) is 4. The van der Waals surface area contributed by atoms with Crippen molar-refractivity contribution in [3.63, 3.8) is 0 Å². The molecule has 4 nitrogen and oxygen atoms in total. The quantitative estimate of drug-likeness (QED) is 0.259. The minimum atomic E-state index is 0.874. The van der Waals surface area contributed by atoms with Crippen molar-refractivity contribution in [3.8, 4) is 22.8 Å². The van der Waals surface area contributed by atoms with Crippen LogP contribution in [-0.4, -0.2) is 19.9 Å². The summed E-state index contributed by atoms with van der Waals surface area (Å²) in [5.41, 5.74) is 10.3. The molecule has 4 heteroatoms. The first-order valence-corrected chi connectivity index (χ1v) is 11.9. The van der Waals surface area contributed by atoms with Crippen LogP contribution in [0.25, 0.3) is 47.1 Å². The van der Waals surface area contributed by atoms with Crippen LogP contribution in [0.2, 0.25) is 0 Å². The number of hydrogen-bond acceptors (Lipinski definition) is 4. The van der Waals surface area contributed by atoms with Crippen molar-refractivity contribution in [2.75, 3.05) is 0 Å². The van der Waals surface area contributed by atoms with E-state index < -0.39 is 0 Å². The van der Waals surface area contributed by atoms with E-state index in [0.717, 1.165) is 45.0 Å². The van der Waals surface area contributed by atoms with Crippen LogP contribution in [0.4, 0.5) is 0 Å². The van der Waals surface area contributed by atoms with Gasteiger partial charge in [0, 0.05) is 24.8 Å². The maximum Gasteiger partial charge on any atom is 0.0892 e. The summed E-state index contributed by atoms with van der Waals surface area (Å²) in [6, 6.07) is 24.7. The van der Waals surface area contributed by atoms with Gasteiger partial charge >= 0.3 is 0 Å². The van der Waals surface area contributed by atoms with Gasteiger partial charge in [0.1, 0.15) is 0 Å². The molecular formula is C32H26N4. The van der Waals surface area contributed by atoms with Gasteiger partial charge in [-0.3, -0.25) is 19.9 Å². The zero-order valence-electron chi connectivity index (χ0n) is 20.3. The molecule has 0 aliphatic carbocycles. The summed E-state index contributed by atoms with van der Waals surface area (Å²) >= 11 is 0. The highest BCUT2D eigenvalue weighted by Crippen LogP contribution is 2.20. The minimum absolute atomic E-state index is 0.874. The first-order valence-electron chi connectivity index (χ1n) is 11.9. The largest absolute Gasteiger partial charge is 0.255 e. The Kier molecular flexibility index (Phi) is 6.86. The fraction of sp³-hybridized carbons (Fsp3) is 0.0625. The fourth-order valence-electron chi connectivity index (χ4n) is 3.84. The number of benzene rings is 1. The molecular weight excluding hydrogens is 440 g/mol. The van der Waals surface area contributed by atoms with Gasteiger partial charge in [0.2, 0.25) is 0 Å². The SMILES string of the molecule is Cc1ccnc(-c2cc(C=Cc3ccc(C=Cc4ccnc(-c5cc(C)ccn5)c4)cc3)ccn2)c1. The molecule has 0 saturated carbocycles. The lowest BCUT2D eigenvalue weighted by atomic mass is 10.1. The van der Waals surface area contributed by atoms with Crippen LogP contribution in [0.3, 0.4) is 0 Å². The van der Waals surface area contributed by atoms with Gasteiger partial charge < -0.3 is 0 Å². The van der Waals surface area contributed by atoms with Crippen molar-refractivity contribution >= 4 is 24.3 Å². The summed E-state index contributed by atoms with van der Waals surface area (Å²) in [6.07, 6.45) is 15.7. The molecule has 0 aliphatic heterocycles. The smallest absolute Gasteiger partial charge is 0.0892 e.